The second-order valence-electron chi connectivity index (χ2n) is 8.79. The van der Waals surface area contributed by atoms with Crippen molar-refractivity contribution >= 4 is 23.5 Å². The molecule has 8 nitrogen and oxygen atoms in total. The van der Waals surface area contributed by atoms with Gasteiger partial charge in [-0.1, -0.05) is 29.8 Å². The van der Waals surface area contributed by atoms with Crippen LogP contribution in [0.2, 0.25) is 5.02 Å². The number of nitriles is 1. The number of hydrogen-bond acceptors (Lipinski definition) is 7. The van der Waals surface area contributed by atoms with Crippen molar-refractivity contribution in [1.29, 1.82) is 5.26 Å². The molecule has 0 saturated carbocycles. The highest BCUT2D eigenvalue weighted by molar-refractivity contribution is 6.31. The molecule has 1 N–H and O–H groups in total. The maximum Gasteiger partial charge on any atom is 0.435 e. The molecule has 2 aliphatic rings. The quantitative estimate of drug-likeness (QED) is 0.723. The third kappa shape index (κ3) is 4.06. The van der Waals surface area contributed by atoms with Gasteiger partial charge in [0.2, 0.25) is 0 Å². The molecule has 1 aromatic carbocycles. The van der Waals surface area contributed by atoms with E-state index in [4.69, 9.17) is 21.1 Å². The fourth-order valence-corrected chi connectivity index (χ4v) is 4.31. The Morgan fingerprint density at radius 2 is 2.00 bits per heavy atom. The van der Waals surface area contributed by atoms with E-state index in [2.05, 4.69) is 21.4 Å². The molecule has 0 amide bonds. The number of aromatic nitrogens is 2. The lowest BCUT2D eigenvalue weighted by atomic mass is 9.82. The van der Waals surface area contributed by atoms with Crippen LogP contribution in [-0.2, 0) is 9.47 Å². The van der Waals surface area contributed by atoms with Crippen molar-refractivity contribution in [2.75, 3.05) is 31.6 Å². The van der Waals surface area contributed by atoms with Gasteiger partial charge < -0.3 is 19.7 Å². The summed E-state index contributed by atoms with van der Waals surface area (Å²) in [6.07, 6.45) is -0.574. The molecule has 1 aromatic heterocycles. The number of allylic oxidation sites excluding steroid dienone is 1. The van der Waals surface area contributed by atoms with Gasteiger partial charge in [-0.25, -0.2) is 4.79 Å². The molecule has 4 rings (SSSR count). The topological polar surface area (TPSA) is 92.4 Å². The average Bonchev–Trinajstić information content (AvgIpc) is 3.09. The number of morpholine rings is 1. The first-order valence-corrected chi connectivity index (χ1v) is 10.9. The van der Waals surface area contributed by atoms with Gasteiger partial charge in [0.1, 0.15) is 11.4 Å². The second-order valence-corrected chi connectivity index (χ2v) is 9.20. The number of rotatable bonds is 2. The molecule has 9 heteroatoms. The normalized spacial score (nSPS) is 18.6. The first-order chi connectivity index (χ1) is 15.2. The molecule has 168 valence electrons. The number of carbonyl (C=O) groups excluding carboxylic acids is 1. The predicted molar refractivity (Wildman–Crippen MR) is 121 cm³/mol. The van der Waals surface area contributed by atoms with Crippen LogP contribution >= 0.6 is 11.6 Å². The Kier molecular flexibility index (Phi) is 5.89. The summed E-state index contributed by atoms with van der Waals surface area (Å²) in [5.74, 6) is 0.708. The minimum atomic E-state index is -0.666. The van der Waals surface area contributed by atoms with Gasteiger partial charge in [0.05, 0.1) is 36.5 Å². The fourth-order valence-electron chi connectivity index (χ4n) is 4.07. The monoisotopic (exact) mass is 455 g/mol. The highest BCUT2D eigenvalue weighted by Crippen LogP contribution is 2.45. The van der Waals surface area contributed by atoms with Gasteiger partial charge in [-0.2, -0.15) is 9.94 Å². The number of anilines is 1. The zero-order valence-corrected chi connectivity index (χ0v) is 19.4. The van der Waals surface area contributed by atoms with Crippen molar-refractivity contribution in [2.45, 2.75) is 39.2 Å². The molecule has 1 saturated heterocycles. The number of benzene rings is 1. The maximum absolute atomic E-state index is 12.9. The molecule has 3 heterocycles. The van der Waals surface area contributed by atoms with Gasteiger partial charge in [0.15, 0.2) is 5.82 Å². The molecule has 1 fully saturated rings. The third-order valence-corrected chi connectivity index (χ3v) is 5.81. The molecule has 0 radical (unpaired) electrons. The number of nitrogens with zero attached hydrogens (tertiary/aromatic N) is 4. The Bertz CT molecular complexity index is 1120. The molecular weight excluding hydrogens is 430 g/mol. The third-order valence-electron chi connectivity index (χ3n) is 5.46. The highest BCUT2D eigenvalue weighted by Gasteiger charge is 2.38. The van der Waals surface area contributed by atoms with Gasteiger partial charge in [-0.3, -0.25) is 0 Å². The van der Waals surface area contributed by atoms with Crippen LogP contribution in [0.1, 0.15) is 43.5 Å². The summed E-state index contributed by atoms with van der Waals surface area (Å²) in [7, 11) is 0. The Morgan fingerprint density at radius 1 is 1.31 bits per heavy atom. The summed E-state index contributed by atoms with van der Waals surface area (Å²) in [6, 6.07) is 9.84. The Labute approximate surface area is 192 Å². The summed E-state index contributed by atoms with van der Waals surface area (Å²) in [5.41, 5.74) is 1.98. The summed E-state index contributed by atoms with van der Waals surface area (Å²) in [6.45, 7) is 9.64. The Morgan fingerprint density at radius 3 is 2.62 bits per heavy atom. The van der Waals surface area contributed by atoms with Crippen molar-refractivity contribution in [1.82, 2.24) is 14.7 Å². The van der Waals surface area contributed by atoms with Crippen molar-refractivity contribution in [3.05, 3.63) is 57.5 Å². The summed E-state index contributed by atoms with van der Waals surface area (Å²) in [5, 5.41) is 18.6. The fraction of sp³-hybridized carbons (Fsp3) is 0.435. The van der Waals surface area contributed by atoms with E-state index in [9.17, 15) is 10.1 Å². The van der Waals surface area contributed by atoms with E-state index in [0.29, 0.717) is 54.2 Å². The number of fused-ring (bicyclic) bond motifs is 1. The van der Waals surface area contributed by atoms with Crippen molar-refractivity contribution in [3.63, 3.8) is 0 Å². The van der Waals surface area contributed by atoms with Gasteiger partial charge in [-0.05, 0) is 39.3 Å². The standard InChI is InChI=1S/C23H26ClN5O3/c1-14-18-19(15-7-5-6-8-17(15)24)16(13-25)21(28-9-11-31-12-10-28)26-20(18)27-29(14)22(30)32-23(2,3)4/h5-8,19H,9-12H2,1-4H3,(H,26,27). The molecule has 2 aliphatic heterocycles. The maximum atomic E-state index is 12.9. The molecule has 0 aliphatic carbocycles. The second kappa shape index (κ2) is 8.49. The molecule has 0 spiro atoms. The van der Waals surface area contributed by atoms with Crippen molar-refractivity contribution in [2.24, 2.45) is 0 Å². The van der Waals surface area contributed by atoms with E-state index in [1.807, 2.05) is 18.2 Å². The van der Waals surface area contributed by atoms with Crippen LogP contribution in [0.4, 0.5) is 10.6 Å². The van der Waals surface area contributed by atoms with E-state index >= 15 is 0 Å². The average molecular weight is 456 g/mol. The summed E-state index contributed by atoms with van der Waals surface area (Å²) < 4.78 is 12.3. The lowest BCUT2D eigenvalue weighted by Gasteiger charge is -2.36. The number of nitrogens with one attached hydrogen (secondary N) is 1. The van der Waals surface area contributed by atoms with Crippen LogP contribution in [0.3, 0.4) is 0 Å². The SMILES string of the molecule is Cc1c2c(nn1C(=O)OC(C)(C)C)NC(N1CCOCC1)=C(C#N)C2c1ccccc1Cl. The zero-order valence-electron chi connectivity index (χ0n) is 18.6. The van der Waals surface area contributed by atoms with Crippen molar-refractivity contribution in [3.8, 4) is 6.07 Å². The minimum absolute atomic E-state index is 0.473. The van der Waals surface area contributed by atoms with E-state index in [0.717, 1.165) is 11.1 Å². The molecule has 2 aromatic rings. The van der Waals surface area contributed by atoms with Gasteiger partial charge in [0.25, 0.3) is 0 Å². The van der Waals surface area contributed by atoms with Gasteiger partial charge >= 0.3 is 6.09 Å². The first-order valence-electron chi connectivity index (χ1n) is 10.5. The van der Waals surface area contributed by atoms with Crippen LogP contribution in [0.15, 0.2) is 35.7 Å². The Balaban J connectivity index is 1.89. The van der Waals surface area contributed by atoms with Crippen LogP contribution in [0.25, 0.3) is 0 Å². The number of ether oxygens (including phenoxy) is 2. The van der Waals surface area contributed by atoms with E-state index in [-0.39, 0.29) is 0 Å². The largest absolute Gasteiger partial charge is 0.442 e. The van der Waals surface area contributed by atoms with Gasteiger partial charge in [0, 0.05) is 23.7 Å². The molecular formula is C23H26ClN5O3. The number of carbonyl (C=O) groups is 1. The van der Waals surface area contributed by atoms with E-state index in [1.54, 1.807) is 33.8 Å². The van der Waals surface area contributed by atoms with Crippen LogP contribution in [0, 0.1) is 18.3 Å². The predicted octanol–water partition coefficient (Wildman–Crippen LogP) is 4.25. The first kappa shape index (κ1) is 22.2. The lowest BCUT2D eigenvalue weighted by Crippen LogP contribution is -2.40. The van der Waals surface area contributed by atoms with Crippen LogP contribution in [0.5, 0.6) is 0 Å². The molecule has 32 heavy (non-hydrogen) atoms. The van der Waals surface area contributed by atoms with Crippen molar-refractivity contribution < 1.29 is 14.3 Å². The lowest BCUT2D eigenvalue weighted by molar-refractivity contribution is 0.0511. The minimum Gasteiger partial charge on any atom is -0.442 e. The Hall–Kier alpha value is -3.02. The van der Waals surface area contributed by atoms with Crippen LogP contribution in [-0.4, -0.2) is 52.7 Å². The van der Waals surface area contributed by atoms with Crippen LogP contribution < -0.4 is 5.32 Å². The van der Waals surface area contributed by atoms with E-state index in [1.165, 1.54) is 4.68 Å². The highest BCUT2D eigenvalue weighted by atomic mass is 35.5. The van der Waals surface area contributed by atoms with Gasteiger partial charge in [-0.15, -0.1) is 5.10 Å². The smallest absolute Gasteiger partial charge is 0.435 e. The molecule has 1 atom stereocenters. The summed E-state index contributed by atoms with van der Waals surface area (Å²) in [4.78, 5) is 14.9. The summed E-state index contributed by atoms with van der Waals surface area (Å²) >= 11 is 6.58. The molecule has 0 bridgehead atoms. The van der Waals surface area contributed by atoms with E-state index < -0.39 is 17.6 Å². The molecule has 1 unspecified atom stereocenters. The zero-order chi connectivity index (χ0) is 23.0. The number of halogens is 1. The number of hydrogen-bond donors (Lipinski definition) is 1.